The molecule has 0 radical (unpaired) electrons. The van der Waals surface area contributed by atoms with Gasteiger partial charge in [0.15, 0.2) is 11.5 Å². The summed E-state index contributed by atoms with van der Waals surface area (Å²) in [6.45, 7) is 2.85. The SMILES string of the molecule is CCOc1cc(CNC(=O)c2sc3ncccc3c2-n2cccc2)ccc1OC. The highest BCUT2D eigenvalue weighted by Crippen LogP contribution is 2.33. The van der Waals surface area contributed by atoms with Crippen molar-refractivity contribution in [1.82, 2.24) is 14.9 Å². The molecule has 1 aromatic carbocycles. The lowest BCUT2D eigenvalue weighted by Crippen LogP contribution is -2.23. The summed E-state index contributed by atoms with van der Waals surface area (Å²) in [5.41, 5.74) is 1.79. The number of rotatable bonds is 7. The molecular formula is C22H21N3O3S. The maximum absolute atomic E-state index is 13.0. The van der Waals surface area contributed by atoms with Gasteiger partial charge in [0.25, 0.3) is 5.91 Å². The summed E-state index contributed by atoms with van der Waals surface area (Å²) in [7, 11) is 1.61. The van der Waals surface area contributed by atoms with E-state index in [0.717, 1.165) is 21.5 Å². The number of pyridine rings is 1. The van der Waals surface area contributed by atoms with Gasteiger partial charge in [0.1, 0.15) is 9.71 Å². The van der Waals surface area contributed by atoms with Gasteiger partial charge >= 0.3 is 0 Å². The number of fused-ring (bicyclic) bond motifs is 1. The molecule has 0 unspecified atom stereocenters. The number of carbonyl (C=O) groups excluding carboxylic acids is 1. The average Bonchev–Trinajstić information content (AvgIpc) is 3.39. The quantitative estimate of drug-likeness (QED) is 0.492. The third kappa shape index (κ3) is 3.82. The van der Waals surface area contributed by atoms with E-state index in [4.69, 9.17) is 9.47 Å². The van der Waals surface area contributed by atoms with Crippen molar-refractivity contribution in [3.8, 4) is 17.2 Å². The molecule has 0 bridgehead atoms. The summed E-state index contributed by atoms with van der Waals surface area (Å²) in [6.07, 6.45) is 5.61. The van der Waals surface area contributed by atoms with E-state index in [1.165, 1.54) is 11.3 Å². The number of nitrogens with one attached hydrogen (secondary N) is 1. The summed E-state index contributed by atoms with van der Waals surface area (Å²) >= 11 is 1.39. The van der Waals surface area contributed by atoms with Crippen molar-refractivity contribution in [1.29, 1.82) is 0 Å². The van der Waals surface area contributed by atoms with Gasteiger partial charge in [-0.05, 0) is 48.9 Å². The first-order valence-electron chi connectivity index (χ1n) is 9.30. The molecule has 4 rings (SSSR count). The van der Waals surface area contributed by atoms with E-state index in [1.807, 2.05) is 66.3 Å². The molecule has 0 saturated heterocycles. The molecule has 1 N–H and O–H groups in total. The number of ether oxygens (including phenoxy) is 2. The van der Waals surface area contributed by atoms with Gasteiger partial charge < -0.3 is 19.4 Å². The van der Waals surface area contributed by atoms with Gasteiger partial charge in [0.2, 0.25) is 0 Å². The topological polar surface area (TPSA) is 65.4 Å². The van der Waals surface area contributed by atoms with Crippen LogP contribution < -0.4 is 14.8 Å². The van der Waals surface area contributed by atoms with Crippen molar-refractivity contribution in [3.63, 3.8) is 0 Å². The zero-order valence-corrected chi connectivity index (χ0v) is 17.0. The van der Waals surface area contributed by atoms with E-state index >= 15 is 0 Å². The molecule has 1 amide bonds. The zero-order valence-electron chi connectivity index (χ0n) is 16.2. The first kappa shape index (κ1) is 19.0. The Bertz CT molecular complexity index is 1140. The van der Waals surface area contributed by atoms with E-state index in [1.54, 1.807) is 13.3 Å². The van der Waals surface area contributed by atoms with Gasteiger partial charge in [-0.1, -0.05) is 6.07 Å². The van der Waals surface area contributed by atoms with Crippen molar-refractivity contribution in [2.24, 2.45) is 0 Å². The molecule has 3 aromatic heterocycles. The minimum Gasteiger partial charge on any atom is -0.493 e. The van der Waals surface area contributed by atoms with Crippen LogP contribution in [0.25, 0.3) is 15.9 Å². The van der Waals surface area contributed by atoms with Crippen LogP contribution in [0.15, 0.2) is 61.1 Å². The highest BCUT2D eigenvalue weighted by atomic mass is 32.1. The van der Waals surface area contributed by atoms with Crippen LogP contribution >= 0.6 is 11.3 Å². The summed E-state index contributed by atoms with van der Waals surface area (Å²) < 4.78 is 12.9. The second-order valence-corrected chi connectivity index (χ2v) is 7.33. The van der Waals surface area contributed by atoms with Crippen molar-refractivity contribution < 1.29 is 14.3 Å². The van der Waals surface area contributed by atoms with E-state index < -0.39 is 0 Å². The smallest absolute Gasteiger partial charge is 0.263 e. The minimum absolute atomic E-state index is 0.134. The van der Waals surface area contributed by atoms with Crippen molar-refractivity contribution >= 4 is 27.5 Å². The number of aromatic nitrogens is 2. The number of benzene rings is 1. The Kier molecular flexibility index (Phi) is 5.48. The lowest BCUT2D eigenvalue weighted by Gasteiger charge is -2.12. The first-order valence-corrected chi connectivity index (χ1v) is 10.1. The van der Waals surface area contributed by atoms with Gasteiger partial charge in [-0.2, -0.15) is 0 Å². The second kappa shape index (κ2) is 8.36. The fraction of sp³-hybridized carbons (Fsp3) is 0.182. The number of carbonyl (C=O) groups is 1. The molecule has 3 heterocycles. The Balaban J connectivity index is 1.60. The predicted octanol–water partition coefficient (Wildman–Crippen LogP) is 4.42. The predicted molar refractivity (Wildman–Crippen MR) is 114 cm³/mol. The number of thiophene rings is 1. The van der Waals surface area contributed by atoms with Crippen molar-refractivity contribution in [2.45, 2.75) is 13.5 Å². The third-order valence-electron chi connectivity index (χ3n) is 4.49. The molecule has 0 aliphatic rings. The van der Waals surface area contributed by atoms with E-state index in [2.05, 4.69) is 10.3 Å². The molecule has 4 aromatic rings. The molecule has 148 valence electrons. The Labute approximate surface area is 172 Å². The standard InChI is InChI=1S/C22H21N3O3S/c1-3-28-18-13-15(8-9-17(18)27-2)14-24-21(26)20-19(25-11-4-5-12-25)16-7-6-10-23-22(16)29-20/h4-13H,3,14H2,1-2H3,(H,24,26). The second-order valence-electron chi connectivity index (χ2n) is 6.33. The minimum atomic E-state index is -0.134. The summed E-state index contributed by atoms with van der Waals surface area (Å²) in [5, 5.41) is 3.98. The summed E-state index contributed by atoms with van der Waals surface area (Å²) in [5.74, 6) is 1.21. The van der Waals surface area contributed by atoms with Crippen LogP contribution in [0.2, 0.25) is 0 Å². The van der Waals surface area contributed by atoms with Gasteiger partial charge in [-0.15, -0.1) is 11.3 Å². The van der Waals surface area contributed by atoms with E-state index in [9.17, 15) is 4.79 Å². The Morgan fingerprint density at radius 1 is 1.17 bits per heavy atom. The number of methoxy groups -OCH3 is 1. The van der Waals surface area contributed by atoms with Crippen molar-refractivity contribution in [2.75, 3.05) is 13.7 Å². The molecule has 0 fully saturated rings. The highest BCUT2D eigenvalue weighted by Gasteiger charge is 2.20. The third-order valence-corrected chi connectivity index (χ3v) is 5.59. The zero-order chi connectivity index (χ0) is 20.2. The Hall–Kier alpha value is -3.32. The molecule has 6 nitrogen and oxygen atoms in total. The Morgan fingerprint density at radius 2 is 2.00 bits per heavy atom. The van der Waals surface area contributed by atoms with Gasteiger partial charge in [-0.25, -0.2) is 4.98 Å². The molecule has 0 spiro atoms. The lowest BCUT2D eigenvalue weighted by atomic mass is 10.2. The maximum atomic E-state index is 13.0. The summed E-state index contributed by atoms with van der Waals surface area (Å²) in [6, 6.07) is 13.4. The number of hydrogen-bond acceptors (Lipinski definition) is 5. The van der Waals surface area contributed by atoms with Crippen LogP contribution in [0.1, 0.15) is 22.2 Å². The number of hydrogen-bond donors (Lipinski definition) is 1. The van der Waals surface area contributed by atoms with Crippen molar-refractivity contribution in [3.05, 3.63) is 71.5 Å². The van der Waals surface area contributed by atoms with Crippen LogP contribution in [0.5, 0.6) is 11.5 Å². The largest absolute Gasteiger partial charge is 0.493 e. The molecule has 0 atom stereocenters. The summed E-state index contributed by atoms with van der Waals surface area (Å²) in [4.78, 5) is 18.9. The van der Waals surface area contributed by atoms with Crippen LogP contribution in [0, 0.1) is 0 Å². The monoisotopic (exact) mass is 407 g/mol. The first-order chi connectivity index (χ1) is 14.2. The molecule has 29 heavy (non-hydrogen) atoms. The van der Waals surface area contributed by atoms with Crippen LogP contribution in [0.4, 0.5) is 0 Å². The number of nitrogens with zero attached hydrogens (tertiary/aromatic N) is 2. The normalized spacial score (nSPS) is 10.8. The van der Waals surface area contributed by atoms with E-state index in [-0.39, 0.29) is 5.91 Å². The average molecular weight is 407 g/mol. The van der Waals surface area contributed by atoms with Crippen LogP contribution in [-0.4, -0.2) is 29.2 Å². The molecule has 0 saturated carbocycles. The van der Waals surface area contributed by atoms with Crippen LogP contribution in [-0.2, 0) is 6.54 Å². The molecular weight excluding hydrogens is 386 g/mol. The Morgan fingerprint density at radius 3 is 2.76 bits per heavy atom. The van der Waals surface area contributed by atoms with Crippen LogP contribution in [0.3, 0.4) is 0 Å². The fourth-order valence-corrected chi connectivity index (χ4v) is 4.23. The fourth-order valence-electron chi connectivity index (χ4n) is 3.18. The van der Waals surface area contributed by atoms with E-state index in [0.29, 0.717) is 29.5 Å². The number of amides is 1. The van der Waals surface area contributed by atoms with Gasteiger partial charge in [0.05, 0.1) is 19.4 Å². The maximum Gasteiger partial charge on any atom is 0.263 e. The van der Waals surface area contributed by atoms with Gasteiger partial charge in [-0.3, -0.25) is 4.79 Å². The molecule has 0 aliphatic carbocycles. The highest BCUT2D eigenvalue weighted by molar-refractivity contribution is 7.21. The molecule has 0 aliphatic heterocycles. The van der Waals surface area contributed by atoms with Gasteiger partial charge in [0, 0.05) is 30.5 Å². The lowest BCUT2D eigenvalue weighted by molar-refractivity contribution is 0.0955. The molecule has 7 heteroatoms.